The Hall–Kier alpha value is -0.400. The van der Waals surface area contributed by atoms with E-state index in [0.29, 0.717) is 5.92 Å². The van der Waals surface area contributed by atoms with Crippen LogP contribution in [0.1, 0.15) is 57.2 Å². The minimum Gasteiger partial charge on any atom is -1.00 e. The average molecular weight is 535 g/mol. The van der Waals surface area contributed by atoms with E-state index in [-0.39, 0.29) is 56.4 Å². The minimum atomic E-state index is 0. The molecule has 2 aromatic carbocycles. The Morgan fingerprint density at radius 3 is 2.10 bits per heavy atom. The molecule has 0 aliphatic heterocycles. The first-order valence-electron chi connectivity index (χ1n) is 10.0. The maximum absolute atomic E-state index is 3.77. The van der Waals surface area contributed by atoms with Crippen LogP contribution in [0, 0.1) is 11.5 Å². The number of rotatable bonds is 1. The second-order valence-electron chi connectivity index (χ2n) is 8.89. The summed E-state index contributed by atoms with van der Waals surface area (Å²) in [6.45, 7) is 15.9. The van der Waals surface area contributed by atoms with E-state index in [1.807, 2.05) is 0 Å². The third-order valence-corrected chi connectivity index (χ3v) is 5.53. The molecule has 0 saturated carbocycles. The molecule has 2 aliphatic rings. The summed E-state index contributed by atoms with van der Waals surface area (Å²) in [4.78, 5) is 0. The summed E-state index contributed by atoms with van der Waals surface area (Å²) < 4.78 is 0. The van der Waals surface area contributed by atoms with Gasteiger partial charge in [-0.15, -0.1) is 11.1 Å². The van der Waals surface area contributed by atoms with E-state index in [2.05, 4.69) is 96.3 Å². The van der Waals surface area contributed by atoms with Crippen molar-refractivity contribution >= 4 is 9.52 Å². The Balaban J connectivity index is 0.00000133. The number of fused-ring (bicyclic) bond motifs is 3. The SMILES string of the molecule is CC1=CC(C(C)(C)C)=C(C)C1c1[c-]c2c(cc1)-c1ccccc1C2.C[SiH]C.[Cl-].[Cl-].[Zr+3]. The van der Waals surface area contributed by atoms with E-state index in [4.69, 9.17) is 0 Å². The Morgan fingerprint density at radius 1 is 0.933 bits per heavy atom. The molecule has 2 aromatic rings. The van der Waals surface area contributed by atoms with Crippen LogP contribution in [-0.4, -0.2) is 9.52 Å². The summed E-state index contributed by atoms with van der Waals surface area (Å²) in [5.41, 5.74) is 11.5. The van der Waals surface area contributed by atoms with E-state index in [9.17, 15) is 0 Å². The molecule has 158 valence electrons. The van der Waals surface area contributed by atoms with Crippen molar-refractivity contribution in [1.82, 2.24) is 0 Å². The van der Waals surface area contributed by atoms with Crippen molar-refractivity contribution in [2.45, 2.75) is 60.1 Å². The van der Waals surface area contributed by atoms with E-state index < -0.39 is 0 Å². The molecule has 1 atom stereocenters. The van der Waals surface area contributed by atoms with E-state index in [1.54, 1.807) is 0 Å². The third-order valence-electron chi connectivity index (χ3n) is 5.53. The second kappa shape index (κ2) is 12.0. The van der Waals surface area contributed by atoms with Crippen molar-refractivity contribution < 1.29 is 51.0 Å². The molecule has 0 aromatic heterocycles. The zero-order valence-corrected chi connectivity index (χ0v) is 24.3. The summed E-state index contributed by atoms with van der Waals surface area (Å²) in [6.07, 6.45) is 3.42. The molecule has 0 N–H and O–H groups in total. The van der Waals surface area contributed by atoms with Crippen LogP contribution in [0.25, 0.3) is 11.1 Å². The van der Waals surface area contributed by atoms with Crippen molar-refractivity contribution in [1.29, 1.82) is 0 Å². The number of hydrogen-bond donors (Lipinski definition) is 0. The Bertz CT molecular complexity index is 923. The van der Waals surface area contributed by atoms with Gasteiger partial charge in [0, 0.05) is 15.4 Å². The molecule has 2 radical (unpaired) electrons. The predicted octanol–water partition coefficient (Wildman–Crippen LogP) is 0.989. The molecule has 0 saturated heterocycles. The van der Waals surface area contributed by atoms with Crippen molar-refractivity contribution in [3.63, 3.8) is 0 Å². The van der Waals surface area contributed by atoms with Crippen molar-refractivity contribution in [2.75, 3.05) is 0 Å². The van der Waals surface area contributed by atoms with Crippen molar-refractivity contribution in [2.24, 2.45) is 5.41 Å². The van der Waals surface area contributed by atoms with Gasteiger partial charge in [0.2, 0.25) is 0 Å². The Morgan fingerprint density at radius 2 is 1.53 bits per heavy atom. The maximum atomic E-state index is 3.77. The van der Waals surface area contributed by atoms with Gasteiger partial charge in [0.05, 0.1) is 0 Å². The third kappa shape index (κ3) is 5.89. The fourth-order valence-corrected chi connectivity index (χ4v) is 4.45. The Labute approximate surface area is 217 Å². The monoisotopic (exact) mass is 532 g/mol. The van der Waals surface area contributed by atoms with Gasteiger partial charge in [0.15, 0.2) is 0 Å². The summed E-state index contributed by atoms with van der Waals surface area (Å²) >= 11 is 0. The number of benzene rings is 2. The first-order chi connectivity index (χ1) is 12.8. The summed E-state index contributed by atoms with van der Waals surface area (Å²) in [5.74, 6) is 0.397. The quantitative estimate of drug-likeness (QED) is 0.323. The number of allylic oxidation sites excluding steroid dienone is 4. The topological polar surface area (TPSA) is 0 Å². The van der Waals surface area contributed by atoms with Gasteiger partial charge in [-0.05, 0) is 31.3 Å². The molecule has 0 fully saturated rings. The van der Waals surface area contributed by atoms with Crippen LogP contribution >= 0.6 is 0 Å². The molecule has 0 nitrogen and oxygen atoms in total. The summed E-state index contributed by atoms with van der Waals surface area (Å²) in [6, 6.07) is 17.1. The van der Waals surface area contributed by atoms with E-state index in [1.165, 1.54) is 44.5 Å². The Kier molecular flexibility index (Phi) is 11.8. The van der Waals surface area contributed by atoms with Crippen LogP contribution in [-0.2, 0) is 32.6 Å². The number of hydrogen-bond acceptors (Lipinski definition) is 0. The predicted molar refractivity (Wildman–Crippen MR) is 121 cm³/mol. The van der Waals surface area contributed by atoms with Gasteiger partial charge < -0.3 is 24.8 Å². The van der Waals surface area contributed by atoms with Crippen LogP contribution in [0.15, 0.2) is 59.2 Å². The summed E-state index contributed by atoms with van der Waals surface area (Å²) in [5, 5.41) is 0. The van der Waals surface area contributed by atoms with Gasteiger partial charge in [-0.3, -0.25) is 0 Å². The maximum Gasteiger partial charge on any atom is 3.00 e. The van der Waals surface area contributed by atoms with Gasteiger partial charge in [-0.1, -0.05) is 86.5 Å². The second-order valence-corrected chi connectivity index (χ2v) is 10.0. The van der Waals surface area contributed by atoms with Crippen LogP contribution in [0.2, 0.25) is 13.1 Å². The van der Waals surface area contributed by atoms with Crippen LogP contribution in [0.3, 0.4) is 0 Å². The van der Waals surface area contributed by atoms with Gasteiger partial charge in [-0.25, -0.2) is 0 Å². The van der Waals surface area contributed by atoms with Crippen LogP contribution in [0.4, 0.5) is 0 Å². The van der Waals surface area contributed by atoms with Crippen LogP contribution in [0.5, 0.6) is 0 Å². The smallest absolute Gasteiger partial charge is 1.00 e. The molecule has 4 heteroatoms. The molecule has 2 aliphatic carbocycles. The molecule has 0 bridgehead atoms. The largest absolute Gasteiger partial charge is 3.00 e. The molecule has 0 amide bonds. The van der Waals surface area contributed by atoms with Crippen molar-refractivity contribution in [3.8, 4) is 11.1 Å². The molecule has 30 heavy (non-hydrogen) atoms. The molecule has 0 spiro atoms. The normalized spacial score (nSPS) is 16.1. The minimum absolute atomic E-state index is 0. The van der Waals surface area contributed by atoms with Gasteiger partial charge in [0.1, 0.15) is 0 Å². The number of halogens is 2. The first-order valence-corrected chi connectivity index (χ1v) is 12.4. The van der Waals surface area contributed by atoms with Crippen LogP contribution < -0.4 is 24.8 Å². The zero-order chi connectivity index (χ0) is 19.8. The fourth-order valence-electron chi connectivity index (χ4n) is 4.45. The van der Waals surface area contributed by atoms with Gasteiger partial charge >= 0.3 is 26.2 Å². The summed E-state index contributed by atoms with van der Waals surface area (Å²) in [7, 11) is 0.750. The van der Waals surface area contributed by atoms with E-state index >= 15 is 0 Å². The zero-order valence-electron chi connectivity index (χ0n) is 19.2. The van der Waals surface area contributed by atoms with E-state index in [0.717, 1.165) is 15.9 Å². The first kappa shape index (κ1) is 29.6. The standard InChI is InChI=1S/C24H25.C2H7Si.2ClH.Zr/c1-15-12-22(24(3,4)5)16(2)23(15)18-10-11-21-19(14-18)13-17-8-6-7-9-20(17)21;1-3-2;;;/h6-12,23H,13H2,1-5H3;3H,1-2H3;2*1H;/q-1;;;;+3/p-2. The molecule has 0 heterocycles. The molecule has 1 unspecified atom stereocenters. The van der Waals surface area contributed by atoms with Crippen molar-refractivity contribution in [3.05, 3.63) is 82.0 Å². The molecular weight excluding hydrogens is 503 g/mol. The molecule has 4 rings (SSSR count). The molecular formula is C26H32Cl2SiZr. The average Bonchev–Trinajstić information content (AvgIpc) is 3.11. The van der Waals surface area contributed by atoms with Gasteiger partial charge in [0.25, 0.3) is 0 Å². The fraction of sp³-hybridized carbons (Fsp3) is 0.385. The van der Waals surface area contributed by atoms with Gasteiger partial charge in [-0.2, -0.15) is 23.8 Å².